The number of ether oxygens (including phenoxy) is 2. The summed E-state index contributed by atoms with van der Waals surface area (Å²) >= 11 is 0. The van der Waals surface area contributed by atoms with Gasteiger partial charge in [-0.05, 0) is 48.2 Å². The molecule has 1 N–H and O–H groups in total. The fourth-order valence-corrected chi connectivity index (χ4v) is 4.29. The lowest BCUT2D eigenvalue weighted by atomic mass is 9.98. The molecule has 0 bridgehead atoms. The molecule has 6 nitrogen and oxygen atoms in total. The molecule has 0 spiro atoms. The lowest BCUT2D eigenvalue weighted by Gasteiger charge is -2.26. The number of morpholine rings is 1. The smallest absolute Gasteiger partial charge is 0.226 e. The average Bonchev–Trinajstić information content (AvgIpc) is 2.89. The van der Waals surface area contributed by atoms with E-state index in [-0.39, 0.29) is 12.3 Å². The lowest BCUT2D eigenvalue weighted by molar-refractivity contribution is -0.120. The molecule has 1 fully saturated rings. The molecule has 1 aromatic heterocycles. The van der Waals surface area contributed by atoms with Gasteiger partial charge in [-0.15, -0.1) is 0 Å². The zero-order valence-corrected chi connectivity index (χ0v) is 20.8. The minimum atomic E-state index is -0.0282. The normalized spacial score (nSPS) is 14.0. The highest BCUT2D eigenvalue weighted by molar-refractivity contribution is 5.78. The third-order valence-corrected chi connectivity index (χ3v) is 6.29. The predicted molar refractivity (Wildman–Crippen MR) is 139 cm³/mol. The van der Waals surface area contributed by atoms with Crippen molar-refractivity contribution in [1.82, 2.24) is 15.2 Å². The topological polar surface area (TPSA) is 63.7 Å². The maximum Gasteiger partial charge on any atom is 0.226 e. The minimum Gasteiger partial charge on any atom is -0.492 e. The first kappa shape index (κ1) is 24.9. The Morgan fingerprint density at radius 3 is 2.71 bits per heavy atom. The van der Waals surface area contributed by atoms with Gasteiger partial charge in [-0.25, -0.2) is 0 Å². The van der Waals surface area contributed by atoms with Crippen molar-refractivity contribution in [2.45, 2.75) is 33.2 Å². The predicted octanol–water partition coefficient (Wildman–Crippen LogP) is 4.19. The Morgan fingerprint density at radius 1 is 1.11 bits per heavy atom. The molecular weight excluding hydrogens is 438 g/mol. The number of benzene rings is 2. The van der Waals surface area contributed by atoms with E-state index >= 15 is 0 Å². The molecule has 0 saturated carbocycles. The third-order valence-electron chi connectivity index (χ3n) is 6.29. The number of nitrogens with zero attached hydrogens (tertiary/aromatic N) is 2. The van der Waals surface area contributed by atoms with Crippen molar-refractivity contribution < 1.29 is 14.3 Å². The van der Waals surface area contributed by atoms with E-state index in [1.165, 1.54) is 11.1 Å². The van der Waals surface area contributed by atoms with Crippen LogP contribution in [0.5, 0.6) is 5.75 Å². The quantitative estimate of drug-likeness (QED) is 0.478. The second kappa shape index (κ2) is 12.5. The van der Waals surface area contributed by atoms with Crippen molar-refractivity contribution in [2.75, 3.05) is 39.5 Å². The van der Waals surface area contributed by atoms with Gasteiger partial charge >= 0.3 is 0 Å². The molecule has 6 heteroatoms. The summed E-state index contributed by atoms with van der Waals surface area (Å²) in [6.45, 7) is 9.87. The van der Waals surface area contributed by atoms with Crippen molar-refractivity contribution in [1.29, 1.82) is 0 Å². The largest absolute Gasteiger partial charge is 0.492 e. The molecule has 1 saturated heterocycles. The van der Waals surface area contributed by atoms with Gasteiger partial charge in [0.05, 0.1) is 19.6 Å². The number of nitrogens with one attached hydrogen (secondary N) is 1. The van der Waals surface area contributed by atoms with Crippen LogP contribution < -0.4 is 10.1 Å². The Morgan fingerprint density at radius 2 is 1.97 bits per heavy atom. The van der Waals surface area contributed by atoms with Gasteiger partial charge in [0.1, 0.15) is 12.4 Å². The highest BCUT2D eigenvalue weighted by atomic mass is 16.5. The van der Waals surface area contributed by atoms with Gasteiger partial charge in [0.15, 0.2) is 0 Å². The van der Waals surface area contributed by atoms with Gasteiger partial charge < -0.3 is 14.8 Å². The average molecular weight is 474 g/mol. The van der Waals surface area contributed by atoms with Crippen LogP contribution in [0.15, 0.2) is 60.8 Å². The van der Waals surface area contributed by atoms with E-state index in [9.17, 15) is 4.79 Å². The summed E-state index contributed by atoms with van der Waals surface area (Å²) in [6, 6.07) is 18.4. The van der Waals surface area contributed by atoms with E-state index in [4.69, 9.17) is 9.47 Å². The molecule has 2 heterocycles. The summed E-state index contributed by atoms with van der Waals surface area (Å²) in [4.78, 5) is 19.3. The van der Waals surface area contributed by atoms with Crippen LogP contribution in [0, 0.1) is 6.92 Å². The molecule has 184 valence electrons. The van der Waals surface area contributed by atoms with Crippen molar-refractivity contribution in [2.24, 2.45) is 0 Å². The molecule has 35 heavy (non-hydrogen) atoms. The molecule has 1 amide bonds. The number of carbonyl (C=O) groups is 1. The fraction of sp³-hybridized carbons (Fsp3) is 0.379. The van der Waals surface area contributed by atoms with Crippen molar-refractivity contribution in [3.8, 4) is 16.9 Å². The highest BCUT2D eigenvalue weighted by Crippen LogP contribution is 2.28. The summed E-state index contributed by atoms with van der Waals surface area (Å²) < 4.78 is 11.4. The van der Waals surface area contributed by atoms with E-state index < -0.39 is 0 Å². The highest BCUT2D eigenvalue weighted by Gasteiger charge is 2.11. The summed E-state index contributed by atoms with van der Waals surface area (Å²) in [7, 11) is 0. The number of aryl methyl sites for hydroxylation is 2. The number of pyridine rings is 1. The number of rotatable bonds is 10. The van der Waals surface area contributed by atoms with E-state index in [2.05, 4.69) is 40.3 Å². The fourth-order valence-electron chi connectivity index (χ4n) is 4.29. The first-order chi connectivity index (χ1) is 17.1. The van der Waals surface area contributed by atoms with Crippen molar-refractivity contribution >= 4 is 5.91 Å². The zero-order valence-electron chi connectivity index (χ0n) is 20.8. The summed E-state index contributed by atoms with van der Waals surface area (Å²) in [5, 5.41) is 2.98. The lowest BCUT2D eigenvalue weighted by Crippen LogP contribution is -2.38. The second-order valence-electron chi connectivity index (χ2n) is 8.96. The number of aromatic nitrogens is 1. The van der Waals surface area contributed by atoms with Gasteiger partial charge in [0.2, 0.25) is 5.91 Å². The summed E-state index contributed by atoms with van der Waals surface area (Å²) in [5.41, 5.74) is 6.47. The zero-order chi connectivity index (χ0) is 24.5. The Hall–Kier alpha value is -3.22. The first-order valence-corrected chi connectivity index (χ1v) is 12.4. The Bertz CT molecular complexity index is 1110. The molecule has 3 aromatic rings. The maximum atomic E-state index is 12.4. The van der Waals surface area contributed by atoms with Crippen molar-refractivity contribution in [3.05, 3.63) is 83.2 Å². The van der Waals surface area contributed by atoms with E-state index in [0.717, 1.165) is 67.4 Å². The van der Waals surface area contributed by atoms with Crippen molar-refractivity contribution in [3.63, 3.8) is 0 Å². The third kappa shape index (κ3) is 7.38. The van der Waals surface area contributed by atoms with Crippen LogP contribution in [0.1, 0.15) is 29.3 Å². The Balaban J connectivity index is 1.31. The minimum absolute atomic E-state index is 0.0282. The summed E-state index contributed by atoms with van der Waals surface area (Å²) in [6.07, 6.45) is 3.03. The first-order valence-electron chi connectivity index (χ1n) is 12.4. The molecular formula is C29H35N3O3. The second-order valence-corrected chi connectivity index (χ2v) is 8.96. The van der Waals surface area contributed by atoms with E-state index in [0.29, 0.717) is 13.2 Å². The van der Waals surface area contributed by atoms with Gasteiger partial charge in [-0.3, -0.25) is 14.7 Å². The van der Waals surface area contributed by atoms with Gasteiger partial charge in [-0.1, -0.05) is 48.9 Å². The summed E-state index contributed by atoms with van der Waals surface area (Å²) in [5.74, 6) is 0.869. The maximum absolute atomic E-state index is 12.4. The van der Waals surface area contributed by atoms with Crippen LogP contribution in [0.2, 0.25) is 0 Å². The van der Waals surface area contributed by atoms with Crippen LogP contribution in [-0.2, 0) is 28.9 Å². The standard InChI is InChI=1S/C29H35N3O3/c1-3-24-18-27(35-16-13-32-11-14-34-15-12-32)9-10-28(24)25-7-8-26(30-21-25)19-29(33)31-20-23-6-4-5-22(2)17-23/h4-10,17-18,21H,3,11-16,19-20H2,1-2H3,(H,31,33). The van der Waals surface area contributed by atoms with E-state index in [1.54, 1.807) is 0 Å². The molecule has 4 rings (SSSR count). The monoisotopic (exact) mass is 473 g/mol. The van der Waals surface area contributed by atoms with Gasteiger partial charge in [-0.2, -0.15) is 0 Å². The number of hydrogen-bond acceptors (Lipinski definition) is 5. The van der Waals surface area contributed by atoms with Crippen LogP contribution in [-0.4, -0.2) is 55.2 Å². The molecule has 1 aliphatic heterocycles. The molecule has 0 radical (unpaired) electrons. The van der Waals surface area contributed by atoms with Gasteiger partial charge in [0, 0.05) is 43.6 Å². The Kier molecular flexibility index (Phi) is 8.87. The van der Waals surface area contributed by atoms with Crippen LogP contribution in [0.25, 0.3) is 11.1 Å². The van der Waals surface area contributed by atoms with Crippen LogP contribution in [0.3, 0.4) is 0 Å². The van der Waals surface area contributed by atoms with E-state index in [1.807, 2.05) is 49.5 Å². The van der Waals surface area contributed by atoms with Gasteiger partial charge in [0.25, 0.3) is 0 Å². The number of carbonyl (C=O) groups excluding carboxylic acids is 1. The SMILES string of the molecule is CCc1cc(OCCN2CCOCC2)ccc1-c1ccc(CC(=O)NCc2cccc(C)c2)nc1. The molecule has 0 atom stereocenters. The number of hydrogen-bond donors (Lipinski definition) is 1. The molecule has 0 unspecified atom stereocenters. The molecule has 1 aliphatic rings. The van der Waals surface area contributed by atoms with Crippen LogP contribution >= 0.6 is 0 Å². The van der Waals surface area contributed by atoms with Crippen LogP contribution in [0.4, 0.5) is 0 Å². The number of amides is 1. The Labute approximate surface area is 208 Å². The molecule has 0 aliphatic carbocycles. The molecule has 2 aromatic carbocycles.